The Labute approximate surface area is 207 Å². The number of nitro benzene ring substituents is 1. The monoisotopic (exact) mass is 518 g/mol. The van der Waals surface area contributed by atoms with Gasteiger partial charge in [-0.2, -0.15) is 4.31 Å². The Morgan fingerprint density at radius 3 is 2.39 bits per heavy atom. The van der Waals surface area contributed by atoms with Crippen LogP contribution in [0.25, 0.3) is 0 Å². The van der Waals surface area contributed by atoms with Crippen LogP contribution in [0, 0.1) is 10.1 Å². The van der Waals surface area contributed by atoms with E-state index in [1.807, 2.05) is 30.3 Å². The average molecular weight is 519 g/mol. The summed E-state index contributed by atoms with van der Waals surface area (Å²) < 4.78 is 27.1. The number of aliphatic carboxylic acids is 1. The summed E-state index contributed by atoms with van der Waals surface area (Å²) in [4.78, 5) is 46.6. The fourth-order valence-electron chi connectivity index (χ4n) is 3.84. The molecular weight excluding hydrogens is 492 g/mol. The zero-order valence-electron chi connectivity index (χ0n) is 19.2. The van der Waals surface area contributed by atoms with Gasteiger partial charge in [0.1, 0.15) is 12.1 Å². The molecule has 3 N–H and O–H groups in total. The highest BCUT2D eigenvalue weighted by molar-refractivity contribution is 7.89. The zero-order valence-corrected chi connectivity index (χ0v) is 20.0. The van der Waals surface area contributed by atoms with Crippen LogP contribution in [0.4, 0.5) is 5.69 Å². The summed E-state index contributed by atoms with van der Waals surface area (Å²) in [5.41, 5.74) is 0.672. The summed E-state index contributed by atoms with van der Waals surface area (Å²) in [5, 5.41) is 25.1. The molecule has 1 heterocycles. The number of rotatable bonds is 11. The fourth-order valence-corrected chi connectivity index (χ4v) is 5.50. The van der Waals surface area contributed by atoms with Gasteiger partial charge < -0.3 is 15.7 Å². The van der Waals surface area contributed by atoms with Crippen LogP contribution in [0.2, 0.25) is 0 Å². The van der Waals surface area contributed by atoms with Gasteiger partial charge in [0.15, 0.2) is 0 Å². The van der Waals surface area contributed by atoms with Crippen molar-refractivity contribution in [1.82, 2.24) is 14.9 Å². The van der Waals surface area contributed by atoms with Crippen molar-refractivity contribution in [2.45, 2.75) is 42.7 Å². The molecule has 2 atom stereocenters. The Hall–Kier alpha value is -3.84. The van der Waals surface area contributed by atoms with Crippen LogP contribution >= 0.6 is 0 Å². The molecule has 12 nitrogen and oxygen atoms in total. The van der Waals surface area contributed by atoms with Gasteiger partial charge in [-0.15, -0.1) is 0 Å². The Morgan fingerprint density at radius 2 is 1.78 bits per heavy atom. The van der Waals surface area contributed by atoms with Gasteiger partial charge in [-0.05, 0) is 37.0 Å². The third kappa shape index (κ3) is 6.64. The van der Waals surface area contributed by atoms with Crippen molar-refractivity contribution in [2.75, 3.05) is 13.1 Å². The molecule has 2 aromatic carbocycles. The quantitative estimate of drug-likeness (QED) is 0.292. The number of amides is 2. The molecular formula is C23H26N4O8S. The molecule has 0 aliphatic carbocycles. The predicted molar refractivity (Wildman–Crippen MR) is 127 cm³/mol. The minimum atomic E-state index is -4.16. The SMILES string of the molecule is O=C(CCc1ccccc1)NCC(NC(=O)C1CCCN1S(=O)(=O)c1ccc([N+](=O)[O-])cc1)C(=O)O. The highest BCUT2D eigenvalue weighted by atomic mass is 32.2. The minimum absolute atomic E-state index is 0.0331. The fraction of sp³-hybridized carbons (Fsp3) is 0.348. The van der Waals surface area contributed by atoms with Gasteiger partial charge in [0, 0.05) is 31.6 Å². The number of aryl methyl sites for hydroxylation is 1. The first kappa shape index (κ1) is 26.8. The molecule has 2 amide bonds. The van der Waals surface area contributed by atoms with Gasteiger partial charge in [-0.3, -0.25) is 19.7 Å². The van der Waals surface area contributed by atoms with Crippen molar-refractivity contribution >= 4 is 33.5 Å². The van der Waals surface area contributed by atoms with Crippen molar-refractivity contribution in [3.63, 3.8) is 0 Å². The maximum Gasteiger partial charge on any atom is 0.328 e. The van der Waals surface area contributed by atoms with Crippen molar-refractivity contribution in [1.29, 1.82) is 0 Å². The van der Waals surface area contributed by atoms with E-state index in [1.54, 1.807) is 0 Å². The van der Waals surface area contributed by atoms with Crippen molar-refractivity contribution in [3.05, 3.63) is 70.3 Å². The van der Waals surface area contributed by atoms with E-state index in [4.69, 9.17) is 0 Å². The van der Waals surface area contributed by atoms with Crippen LogP contribution in [-0.4, -0.2) is 65.7 Å². The van der Waals surface area contributed by atoms with Crippen LogP contribution in [0.1, 0.15) is 24.8 Å². The first-order chi connectivity index (χ1) is 17.1. The largest absolute Gasteiger partial charge is 0.480 e. The van der Waals surface area contributed by atoms with E-state index < -0.39 is 38.9 Å². The zero-order chi connectivity index (χ0) is 26.3. The Balaban J connectivity index is 1.61. The molecule has 0 radical (unpaired) electrons. The molecule has 13 heteroatoms. The minimum Gasteiger partial charge on any atom is -0.480 e. The highest BCUT2D eigenvalue weighted by Gasteiger charge is 2.40. The van der Waals surface area contributed by atoms with E-state index in [2.05, 4.69) is 10.6 Å². The number of hydrogen-bond donors (Lipinski definition) is 3. The van der Waals surface area contributed by atoms with Crippen LogP contribution in [0.15, 0.2) is 59.5 Å². The topological polar surface area (TPSA) is 176 Å². The lowest BCUT2D eigenvalue weighted by molar-refractivity contribution is -0.384. The van der Waals surface area contributed by atoms with E-state index in [1.165, 1.54) is 0 Å². The molecule has 36 heavy (non-hydrogen) atoms. The third-order valence-corrected chi connectivity index (χ3v) is 7.68. The molecule has 0 saturated carbocycles. The van der Waals surface area contributed by atoms with Crippen LogP contribution < -0.4 is 10.6 Å². The summed E-state index contributed by atoms with van der Waals surface area (Å²) in [6, 6.07) is 11.0. The van der Waals surface area contributed by atoms with E-state index in [-0.39, 0.29) is 42.4 Å². The number of sulfonamides is 1. The van der Waals surface area contributed by atoms with Crippen molar-refractivity contribution < 1.29 is 32.8 Å². The summed E-state index contributed by atoms with van der Waals surface area (Å²) in [7, 11) is -4.16. The van der Waals surface area contributed by atoms with Gasteiger partial charge in [0.05, 0.1) is 9.82 Å². The number of nitrogens with zero attached hydrogens (tertiary/aromatic N) is 2. The van der Waals surface area contributed by atoms with Gasteiger partial charge in [0.25, 0.3) is 5.69 Å². The summed E-state index contributed by atoms with van der Waals surface area (Å²) >= 11 is 0. The molecule has 0 spiro atoms. The second-order valence-corrected chi connectivity index (χ2v) is 10.1. The Bertz CT molecular complexity index is 1220. The summed E-state index contributed by atoms with van der Waals surface area (Å²) in [5.74, 6) is -2.57. The lowest BCUT2D eigenvalue weighted by atomic mass is 10.1. The normalized spacial score (nSPS) is 16.7. The maximum absolute atomic E-state index is 13.1. The molecule has 1 saturated heterocycles. The number of carboxylic acids is 1. The number of non-ortho nitro benzene ring substituents is 1. The number of carbonyl (C=O) groups is 3. The number of carbonyl (C=O) groups excluding carboxylic acids is 2. The maximum atomic E-state index is 13.1. The molecule has 1 aliphatic rings. The van der Waals surface area contributed by atoms with E-state index in [9.17, 15) is 38.0 Å². The predicted octanol–water partition coefficient (Wildman–Crippen LogP) is 1.07. The second-order valence-electron chi connectivity index (χ2n) is 8.21. The first-order valence-corrected chi connectivity index (χ1v) is 12.6. The molecule has 2 aromatic rings. The summed E-state index contributed by atoms with van der Waals surface area (Å²) in [6.07, 6.45) is 1.15. The number of hydrogen-bond acceptors (Lipinski definition) is 7. The molecule has 1 fully saturated rings. The molecule has 0 aromatic heterocycles. The number of carboxylic acid groups (broad SMARTS) is 1. The van der Waals surface area contributed by atoms with Gasteiger partial charge in [-0.1, -0.05) is 30.3 Å². The van der Waals surface area contributed by atoms with Crippen LogP contribution in [0.3, 0.4) is 0 Å². The van der Waals surface area contributed by atoms with Crippen molar-refractivity contribution in [2.24, 2.45) is 0 Å². The van der Waals surface area contributed by atoms with Crippen LogP contribution in [-0.2, 0) is 30.8 Å². The van der Waals surface area contributed by atoms with Crippen LogP contribution in [0.5, 0.6) is 0 Å². The summed E-state index contributed by atoms with van der Waals surface area (Å²) in [6.45, 7) is -0.331. The Kier molecular flexibility index (Phi) is 8.72. The Morgan fingerprint density at radius 1 is 1.11 bits per heavy atom. The number of nitrogens with one attached hydrogen (secondary N) is 2. The van der Waals surface area contributed by atoms with E-state index in [0.717, 1.165) is 34.1 Å². The molecule has 3 rings (SSSR count). The van der Waals surface area contributed by atoms with Gasteiger partial charge in [-0.25, -0.2) is 13.2 Å². The third-order valence-electron chi connectivity index (χ3n) is 5.76. The number of benzene rings is 2. The van der Waals surface area contributed by atoms with Gasteiger partial charge in [0.2, 0.25) is 21.8 Å². The van der Waals surface area contributed by atoms with Crippen molar-refractivity contribution in [3.8, 4) is 0 Å². The molecule has 0 bridgehead atoms. The second kappa shape index (κ2) is 11.7. The molecule has 2 unspecified atom stereocenters. The standard InChI is InChI=1S/C23H26N4O8S/c28-21(13-8-16-5-2-1-3-6-16)24-15-19(23(30)31)25-22(29)20-7-4-14-26(20)36(34,35)18-11-9-17(10-12-18)27(32)33/h1-3,5-6,9-12,19-20H,4,7-8,13-15H2,(H,24,28)(H,25,29)(H,30,31). The number of nitro groups is 1. The van der Waals surface area contributed by atoms with E-state index in [0.29, 0.717) is 12.8 Å². The lowest BCUT2D eigenvalue weighted by Gasteiger charge is -2.25. The highest BCUT2D eigenvalue weighted by Crippen LogP contribution is 2.27. The average Bonchev–Trinajstić information content (AvgIpc) is 3.37. The smallest absolute Gasteiger partial charge is 0.328 e. The molecule has 192 valence electrons. The molecule has 1 aliphatic heterocycles. The van der Waals surface area contributed by atoms with Gasteiger partial charge >= 0.3 is 5.97 Å². The van der Waals surface area contributed by atoms with E-state index >= 15 is 0 Å². The lowest BCUT2D eigenvalue weighted by Crippen LogP contribution is -2.54. The first-order valence-electron chi connectivity index (χ1n) is 11.2.